The number of halogens is 2. The smallest absolute Gasteiger partial charge is 0.244 e. The van der Waals surface area contributed by atoms with Gasteiger partial charge in [0.25, 0.3) is 0 Å². The Bertz CT molecular complexity index is 1130. The van der Waals surface area contributed by atoms with Crippen LogP contribution in [0.25, 0.3) is 0 Å². The van der Waals surface area contributed by atoms with Crippen LogP contribution >= 0.6 is 23.2 Å². The highest BCUT2D eigenvalue weighted by molar-refractivity contribution is 7.92. The average molecular weight is 530 g/mol. The first-order valence-electron chi connectivity index (χ1n) is 10.6. The first-order valence-corrected chi connectivity index (χ1v) is 13.2. The highest BCUT2D eigenvalue weighted by Gasteiger charge is 2.32. The third kappa shape index (κ3) is 7.25. The third-order valence-electron chi connectivity index (χ3n) is 5.08. The van der Waals surface area contributed by atoms with Crippen molar-refractivity contribution in [1.29, 1.82) is 0 Å². The predicted octanol–water partition coefficient (Wildman–Crippen LogP) is 3.71. The number of hydrogen-bond acceptors (Lipinski definition) is 5. The van der Waals surface area contributed by atoms with E-state index in [2.05, 4.69) is 5.32 Å². The molecule has 1 unspecified atom stereocenters. The lowest BCUT2D eigenvalue weighted by atomic mass is 10.1. The number of amides is 2. The van der Waals surface area contributed by atoms with Crippen molar-refractivity contribution in [2.45, 2.75) is 32.9 Å². The van der Waals surface area contributed by atoms with Gasteiger partial charge in [-0.15, -0.1) is 0 Å². The van der Waals surface area contributed by atoms with Gasteiger partial charge in [0.1, 0.15) is 18.3 Å². The van der Waals surface area contributed by atoms with Gasteiger partial charge in [0, 0.05) is 18.1 Å². The largest absolute Gasteiger partial charge is 0.497 e. The van der Waals surface area contributed by atoms with Gasteiger partial charge >= 0.3 is 0 Å². The quantitative estimate of drug-likeness (QED) is 0.478. The minimum Gasteiger partial charge on any atom is -0.497 e. The van der Waals surface area contributed by atoms with Crippen LogP contribution in [0.5, 0.6) is 5.75 Å². The van der Waals surface area contributed by atoms with E-state index in [4.69, 9.17) is 27.9 Å². The maximum Gasteiger partial charge on any atom is 0.244 e. The lowest BCUT2D eigenvalue weighted by Crippen LogP contribution is -2.52. The van der Waals surface area contributed by atoms with E-state index in [0.29, 0.717) is 23.7 Å². The average Bonchev–Trinajstić information content (AvgIpc) is 2.77. The highest BCUT2D eigenvalue weighted by Crippen LogP contribution is 2.30. The molecule has 0 aliphatic carbocycles. The Morgan fingerprint density at radius 3 is 2.38 bits per heavy atom. The van der Waals surface area contributed by atoms with Crippen LogP contribution in [-0.4, -0.2) is 57.6 Å². The summed E-state index contributed by atoms with van der Waals surface area (Å²) in [5.41, 5.74) is 0.847. The van der Waals surface area contributed by atoms with E-state index in [9.17, 15) is 18.0 Å². The molecule has 2 aromatic carbocycles. The number of carbonyl (C=O) groups excluding carboxylic acids is 2. The Kier molecular flexibility index (Phi) is 10.0. The van der Waals surface area contributed by atoms with Gasteiger partial charge in [-0.05, 0) is 49.2 Å². The van der Waals surface area contributed by atoms with Crippen molar-refractivity contribution in [3.8, 4) is 5.75 Å². The molecule has 0 aromatic heterocycles. The Morgan fingerprint density at radius 2 is 1.82 bits per heavy atom. The summed E-state index contributed by atoms with van der Waals surface area (Å²) in [7, 11) is -2.36. The normalized spacial score (nSPS) is 12.1. The maximum absolute atomic E-state index is 13.6. The van der Waals surface area contributed by atoms with Crippen molar-refractivity contribution >= 4 is 50.7 Å². The van der Waals surface area contributed by atoms with Gasteiger partial charge < -0.3 is 15.0 Å². The fourth-order valence-corrected chi connectivity index (χ4v) is 4.88. The maximum atomic E-state index is 13.6. The number of ether oxygens (including phenoxy) is 1. The lowest BCUT2D eigenvalue weighted by Gasteiger charge is -2.33. The third-order valence-corrected chi connectivity index (χ3v) is 6.75. The van der Waals surface area contributed by atoms with Crippen molar-refractivity contribution in [3.63, 3.8) is 0 Å². The van der Waals surface area contributed by atoms with Gasteiger partial charge in [0.15, 0.2) is 0 Å². The number of likely N-dealkylation sites (N-methyl/N-ethyl adjacent to an activating group) is 1. The lowest BCUT2D eigenvalue weighted by molar-refractivity contribution is -0.140. The first kappa shape index (κ1) is 27.8. The minimum atomic E-state index is -3.89. The van der Waals surface area contributed by atoms with Crippen LogP contribution < -0.4 is 14.4 Å². The van der Waals surface area contributed by atoms with E-state index in [1.165, 1.54) is 30.2 Å². The van der Waals surface area contributed by atoms with Gasteiger partial charge in [-0.2, -0.15) is 0 Å². The molecule has 0 aliphatic rings. The molecule has 34 heavy (non-hydrogen) atoms. The molecule has 0 heterocycles. The molecule has 2 rings (SSSR count). The molecular formula is C23H29Cl2N3O5S. The van der Waals surface area contributed by atoms with Crippen LogP contribution in [0, 0.1) is 0 Å². The fraction of sp³-hybridized carbons (Fsp3) is 0.391. The van der Waals surface area contributed by atoms with Gasteiger partial charge in [-0.25, -0.2) is 8.42 Å². The number of nitrogens with one attached hydrogen (secondary N) is 1. The van der Waals surface area contributed by atoms with Gasteiger partial charge in [0.05, 0.1) is 24.1 Å². The number of anilines is 1. The van der Waals surface area contributed by atoms with Crippen molar-refractivity contribution < 1.29 is 22.7 Å². The molecule has 0 saturated heterocycles. The summed E-state index contributed by atoms with van der Waals surface area (Å²) >= 11 is 12.2. The zero-order valence-electron chi connectivity index (χ0n) is 19.5. The molecule has 1 atom stereocenters. The van der Waals surface area contributed by atoms with Crippen molar-refractivity contribution in [3.05, 3.63) is 58.1 Å². The number of carbonyl (C=O) groups is 2. The summed E-state index contributed by atoms with van der Waals surface area (Å²) in [6.45, 7) is 3.51. The van der Waals surface area contributed by atoms with Gasteiger partial charge in [0.2, 0.25) is 21.8 Å². The van der Waals surface area contributed by atoms with Gasteiger partial charge in [-0.3, -0.25) is 13.9 Å². The molecule has 0 radical (unpaired) electrons. The van der Waals surface area contributed by atoms with Crippen molar-refractivity contribution in [1.82, 2.24) is 10.2 Å². The number of hydrogen-bond donors (Lipinski definition) is 1. The summed E-state index contributed by atoms with van der Waals surface area (Å²) in [6, 6.07) is 10.6. The Morgan fingerprint density at radius 1 is 1.12 bits per heavy atom. The first-order chi connectivity index (χ1) is 16.0. The van der Waals surface area contributed by atoms with E-state index in [-0.39, 0.29) is 23.2 Å². The van der Waals surface area contributed by atoms with Crippen LogP contribution in [0.2, 0.25) is 10.0 Å². The summed E-state index contributed by atoms with van der Waals surface area (Å²) < 4.78 is 31.4. The second kappa shape index (κ2) is 12.3. The molecule has 0 spiro atoms. The molecule has 2 amide bonds. The fourth-order valence-electron chi connectivity index (χ4n) is 3.46. The standard InChI is InChI=1S/C23H29Cl2N3O5S/c1-5-20(23(30)26-6-2)27(14-16-8-7-9-18(12-16)33-3)22(29)15-28(34(4,31)32)21-11-10-17(24)13-19(21)25/h7-13,20H,5-6,14-15H2,1-4H3,(H,26,30). The molecule has 11 heteroatoms. The number of sulfonamides is 1. The Labute approximate surface area is 210 Å². The topological polar surface area (TPSA) is 96.0 Å². The highest BCUT2D eigenvalue weighted by atomic mass is 35.5. The number of rotatable bonds is 11. The minimum absolute atomic E-state index is 0.0810. The monoisotopic (exact) mass is 529 g/mol. The van der Waals surface area contributed by atoms with Crippen LogP contribution in [-0.2, 0) is 26.2 Å². The van der Waals surface area contributed by atoms with Crippen molar-refractivity contribution in [2.75, 3.05) is 30.8 Å². The van der Waals surface area contributed by atoms with Gasteiger partial charge in [-0.1, -0.05) is 42.3 Å². The zero-order valence-corrected chi connectivity index (χ0v) is 21.9. The summed E-state index contributed by atoms with van der Waals surface area (Å²) in [5, 5.41) is 3.16. The molecule has 1 N–H and O–H groups in total. The SMILES string of the molecule is CCNC(=O)C(CC)N(Cc1cccc(OC)c1)C(=O)CN(c1ccc(Cl)cc1Cl)S(C)(=O)=O. The number of methoxy groups -OCH3 is 1. The molecule has 8 nitrogen and oxygen atoms in total. The predicted molar refractivity (Wildman–Crippen MR) is 135 cm³/mol. The molecular weight excluding hydrogens is 501 g/mol. The molecule has 0 fully saturated rings. The van der Waals surface area contributed by atoms with E-state index in [1.807, 2.05) is 0 Å². The van der Waals surface area contributed by atoms with E-state index >= 15 is 0 Å². The van der Waals surface area contributed by atoms with Crippen molar-refractivity contribution in [2.24, 2.45) is 0 Å². The van der Waals surface area contributed by atoms with Crippen LogP contribution in [0.3, 0.4) is 0 Å². The van der Waals surface area contributed by atoms with E-state index in [0.717, 1.165) is 16.1 Å². The summed E-state index contributed by atoms with van der Waals surface area (Å²) in [5.74, 6) is -0.282. The Hall–Kier alpha value is -2.49. The van der Waals surface area contributed by atoms with E-state index < -0.39 is 28.5 Å². The van der Waals surface area contributed by atoms with E-state index in [1.54, 1.807) is 38.1 Å². The summed E-state index contributed by atoms with van der Waals surface area (Å²) in [4.78, 5) is 27.7. The molecule has 0 bridgehead atoms. The molecule has 2 aromatic rings. The summed E-state index contributed by atoms with van der Waals surface area (Å²) in [6.07, 6.45) is 1.32. The molecule has 0 saturated carbocycles. The van der Waals surface area contributed by atoms with Crippen LogP contribution in [0.1, 0.15) is 25.8 Å². The van der Waals surface area contributed by atoms with Crippen LogP contribution in [0.4, 0.5) is 5.69 Å². The molecule has 0 aliphatic heterocycles. The number of nitrogens with zero attached hydrogens (tertiary/aromatic N) is 2. The zero-order chi connectivity index (χ0) is 25.5. The second-order valence-corrected chi connectivity index (χ2v) is 10.3. The van der Waals surface area contributed by atoms with Crippen LogP contribution in [0.15, 0.2) is 42.5 Å². The molecule has 186 valence electrons. The Balaban J connectivity index is 2.47. The second-order valence-electron chi connectivity index (χ2n) is 7.56. The number of benzene rings is 2.